The topological polar surface area (TPSA) is 83.9 Å². The Hall–Kier alpha value is -2.62. The minimum absolute atomic E-state index is 0.0879. The lowest BCUT2D eigenvalue weighted by molar-refractivity contribution is -0.360. The van der Waals surface area contributed by atoms with E-state index in [0.29, 0.717) is 18.1 Å². The van der Waals surface area contributed by atoms with Crippen LogP contribution in [0.4, 0.5) is 5.69 Å². The first-order valence-electron chi connectivity index (χ1n) is 9.63. The van der Waals surface area contributed by atoms with Gasteiger partial charge in [0.05, 0.1) is 12.3 Å². The number of nitrogens with zero attached hydrogens (tertiary/aromatic N) is 4. The lowest BCUT2D eigenvalue weighted by atomic mass is 10.1. The van der Waals surface area contributed by atoms with Crippen molar-refractivity contribution in [2.75, 3.05) is 46.9 Å². The highest BCUT2D eigenvalue weighted by atomic mass is 35.5. The quantitative estimate of drug-likeness (QED) is 0.659. The summed E-state index contributed by atoms with van der Waals surface area (Å²) >= 11 is 6.23. The van der Waals surface area contributed by atoms with Crippen molar-refractivity contribution >= 4 is 35.2 Å². The molecule has 0 bridgehead atoms. The molecule has 0 aliphatic carbocycles. The van der Waals surface area contributed by atoms with Gasteiger partial charge < -0.3 is 24.0 Å². The van der Waals surface area contributed by atoms with E-state index in [2.05, 4.69) is 9.80 Å². The molecule has 2 saturated heterocycles. The summed E-state index contributed by atoms with van der Waals surface area (Å²) < 4.78 is 16.1. The van der Waals surface area contributed by atoms with Crippen LogP contribution in [0.3, 0.4) is 0 Å². The van der Waals surface area contributed by atoms with Crippen molar-refractivity contribution in [1.82, 2.24) is 14.7 Å². The summed E-state index contributed by atoms with van der Waals surface area (Å²) in [5.74, 6) is -2.25. The maximum atomic E-state index is 11.8. The number of ether oxygens (including phenoxy) is 3. The molecule has 9 nitrogen and oxygen atoms in total. The molecule has 1 aromatic carbocycles. The molecule has 4 rings (SSSR count). The molecular formula is C20H23ClN4O5. The van der Waals surface area contributed by atoms with Gasteiger partial charge >= 0.3 is 17.9 Å². The summed E-state index contributed by atoms with van der Waals surface area (Å²) in [6, 6.07) is 5.57. The molecule has 30 heavy (non-hydrogen) atoms. The van der Waals surface area contributed by atoms with Crippen molar-refractivity contribution < 1.29 is 23.8 Å². The fourth-order valence-electron chi connectivity index (χ4n) is 3.60. The number of hydrogen-bond donors (Lipinski definition) is 0. The van der Waals surface area contributed by atoms with Crippen LogP contribution >= 0.6 is 11.6 Å². The summed E-state index contributed by atoms with van der Waals surface area (Å²) in [6.45, 7) is 3.20. The Bertz CT molecular complexity index is 886. The first kappa shape index (κ1) is 20.6. The van der Waals surface area contributed by atoms with Gasteiger partial charge in [-0.15, -0.1) is 0 Å². The van der Waals surface area contributed by atoms with Crippen LogP contribution in [0.2, 0.25) is 5.02 Å². The van der Waals surface area contributed by atoms with E-state index in [0.717, 1.165) is 42.5 Å². The van der Waals surface area contributed by atoms with Crippen molar-refractivity contribution in [2.45, 2.75) is 12.5 Å². The number of likely N-dealkylation sites (N-methyl/N-ethyl adjacent to an activating group) is 2. The summed E-state index contributed by atoms with van der Waals surface area (Å²) in [5.41, 5.74) is 1.71. The first-order chi connectivity index (χ1) is 14.3. The largest absolute Gasteiger partial charge is 0.394 e. The molecule has 1 spiro atoms. The molecule has 0 radical (unpaired) electrons. The Kier molecular flexibility index (Phi) is 5.68. The Labute approximate surface area is 179 Å². The number of aliphatic imine (C=N–C) groups is 1. The summed E-state index contributed by atoms with van der Waals surface area (Å²) in [6.07, 6.45) is 2.06. The average molecular weight is 435 g/mol. The van der Waals surface area contributed by atoms with Crippen LogP contribution in [-0.2, 0) is 30.3 Å². The zero-order valence-corrected chi connectivity index (χ0v) is 17.6. The van der Waals surface area contributed by atoms with Gasteiger partial charge in [0.25, 0.3) is 0 Å². The van der Waals surface area contributed by atoms with E-state index in [4.69, 9.17) is 30.8 Å². The fourth-order valence-corrected chi connectivity index (χ4v) is 3.77. The predicted molar refractivity (Wildman–Crippen MR) is 109 cm³/mol. The smallest absolute Gasteiger partial charge is 0.389 e. The van der Waals surface area contributed by atoms with Crippen molar-refractivity contribution in [3.8, 4) is 0 Å². The van der Waals surface area contributed by atoms with Crippen LogP contribution in [-0.4, -0.2) is 85.5 Å². The number of esters is 2. The number of guanidine groups is 1. The normalized spacial score (nSPS) is 21.6. The average Bonchev–Trinajstić information content (AvgIpc) is 2.92. The molecular weight excluding hydrogens is 412 g/mol. The Balaban J connectivity index is 1.56. The van der Waals surface area contributed by atoms with Crippen LogP contribution in [0, 0.1) is 0 Å². The van der Waals surface area contributed by atoms with E-state index in [-0.39, 0.29) is 13.2 Å². The molecule has 0 amide bonds. The van der Waals surface area contributed by atoms with Gasteiger partial charge in [0.2, 0.25) is 5.96 Å². The van der Waals surface area contributed by atoms with Gasteiger partial charge in [-0.25, -0.2) is 14.6 Å². The number of carbonyl (C=O) groups excluding carboxylic acids is 2. The lowest BCUT2D eigenvalue weighted by Crippen LogP contribution is -2.55. The van der Waals surface area contributed by atoms with Crippen LogP contribution in [0.25, 0.3) is 0 Å². The number of rotatable bonds is 3. The van der Waals surface area contributed by atoms with Crippen molar-refractivity contribution in [3.05, 3.63) is 40.9 Å². The number of halogens is 1. The van der Waals surface area contributed by atoms with Crippen molar-refractivity contribution in [3.63, 3.8) is 0 Å². The zero-order chi connectivity index (χ0) is 21.3. The minimum atomic E-state index is -1.75. The Morgan fingerprint density at radius 1 is 1.07 bits per heavy atom. The van der Waals surface area contributed by atoms with Gasteiger partial charge in [-0.1, -0.05) is 17.7 Å². The van der Waals surface area contributed by atoms with Crippen molar-refractivity contribution in [2.24, 2.45) is 4.99 Å². The molecule has 2 fully saturated rings. The zero-order valence-electron chi connectivity index (χ0n) is 16.8. The summed E-state index contributed by atoms with van der Waals surface area (Å²) in [4.78, 5) is 34.7. The monoisotopic (exact) mass is 434 g/mol. The predicted octanol–water partition coefficient (Wildman–Crippen LogP) is 1.35. The molecule has 160 valence electrons. The van der Waals surface area contributed by atoms with Crippen molar-refractivity contribution in [1.29, 1.82) is 0 Å². The van der Waals surface area contributed by atoms with Crippen LogP contribution in [0.15, 0.2) is 35.3 Å². The minimum Gasteiger partial charge on any atom is -0.394 e. The number of hydrogen-bond acceptors (Lipinski definition) is 7. The van der Waals surface area contributed by atoms with Gasteiger partial charge in [0.15, 0.2) is 0 Å². The molecule has 10 heteroatoms. The molecule has 0 unspecified atom stereocenters. The number of benzene rings is 1. The van der Waals surface area contributed by atoms with Crippen LogP contribution < -0.4 is 0 Å². The SMILES string of the molecule is CN1CCN(C)C1=Nc1cc(Cl)ccc1CN1CCOC2(C1)OC(=O)C=CC(=O)O2. The Morgan fingerprint density at radius 3 is 2.40 bits per heavy atom. The van der Waals surface area contributed by atoms with Crippen LogP contribution in [0.1, 0.15) is 5.56 Å². The third-order valence-corrected chi connectivity index (χ3v) is 5.36. The van der Waals surface area contributed by atoms with E-state index in [1.807, 2.05) is 37.2 Å². The van der Waals surface area contributed by atoms with E-state index >= 15 is 0 Å². The molecule has 1 aromatic rings. The highest BCUT2D eigenvalue weighted by molar-refractivity contribution is 6.30. The van der Waals surface area contributed by atoms with Gasteiger partial charge in [-0.05, 0) is 17.7 Å². The molecule has 3 heterocycles. The first-order valence-corrected chi connectivity index (χ1v) is 10.0. The van der Waals surface area contributed by atoms with E-state index < -0.39 is 17.9 Å². The molecule has 0 atom stereocenters. The number of morpholine rings is 1. The highest BCUT2D eigenvalue weighted by Crippen LogP contribution is 2.30. The third kappa shape index (κ3) is 4.43. The molecule has 3 aliphatic rings. The second kappa shape index (κ2) is 8.25. The Morgan fingerprint density at radius 2 is 1.73 bits per heavy atom. The summed E-state index contributed by atoms with van der Waals surface area (Å²) in [5, 5.41) is 0.595. The van der Waals surface area contributed by atoms with Gasteiger partial charge in [-0.3, -0.25) is 4.90 Å². The third-order valence-electron chi connectivity index (χ3n) is 5.13. The van der Waals surface area contributed by atoms with Gasteiger partial charge in [0, 0.05) is 57.4 Å². The van der Waals surface area contributed by atoms with E-state index in [1.54, 1.807) is 0 Å². The second-order valence-corrected chi connectivity index (χ2v) is 7.88. The van der Waals surface area contributed by atoms with Gasteiger partial charge in [-0.2, -0.15) is 0 Å². The standard InChI is InChI=1S/C20H23ClN4O5/c1-23-7-8-24(2)19(23)22-16-11-15(21)4-3-14(16)12-25-9-10-28-20(13-25)29-17(26)5-6-18(27)30-20/h3-6,11H,7-10,12-13H2,1-2H3. The molecule has 0 saturated carbocycles. The molecule has 3 aliphatic heterocycles. The second-order valence-electron chi connectivity index (χ2n) is 7.45. The lowest BCUT2D eigenvalue weighted by Gasteiger charge is -2.39. The van der Waals surface area contributed by atoms with E-state index in [9.17, 15) is 9.59 Å². The van der Waals surface area contributed by atoms with E-state index in [1.165, 1.54) is 0 Å². The fraction of sp³-hybridized carbons (Fsp3) is 0.450. The summed E-state index contributed by atoms with van der Waals surface area (Å²) in [7, 11) is 4.00. The highest BCUT2D eigenvalue weighted by Gasteiger charge is 2.45. The van der Waals surface area contributed by atoms with Gasteiger partial charge in [0.1, 0.15) is 6.54 Å². The maximum Gasteiger partial charge on any atom is 0.389 e. The molecule has 0 N–H and O–H groups in total. The maximum absolute atomic E-state index is 11.8. The molecule has 0 aromatic heterocycles. The van der Waals surface area contributed by atoms with Crippen LogP contribution in [0.5, 0.6) is 0 Å². The number of carbonyl (C=O) groups is 2.